The number of benzene rings is 2. The zero-order valence-corrected chi connectivity index (χ0v) is 19.4. The summed E-state index contributed by atoms with van der Waals surface area (Å²) in [6.07, 6.45) is 1.71. The fraction of sp³-hybridized carbons (Fsp3) is 0.375. The molecule has 0 bridgehead atoms. The number of aliphatic imine (C=N–C) groups is 1. The number of methoxy groups -OCH3 is 1. The molecule has 0 radical (unpaired) electrons. The molecular formula is C24H27ClFN3OS. The van der Waals surface area contributed by atoms with Gasteiger partial charge in [-0.25, -0.2) is 9.38 Å². The van der Waals surface area contributed by atoms with Gasteiger partial charge in [-0.05, 0) is 43.3 Å². The van der Waals surface area contributed by atoms with Crippen LogP contribution in [0.5, 0.6) is 0 Å². The molecule has 1 fully saturated rings. The molecule has 2 aliphatic heterocycles. The average Bonchev–Trinajstić information content (AvgIpc) is 3.02. The van der Waals surface area contributed by atoms with Crippen LogP contribution in [-0.4, -0.2) is 62.1 Å². The monoisotopic (exact) mass is 459 g/mol. The number of thiophene rings is 1. The van der Waals surface area contributed by atoms with Crippen molar-refractivity contribution in [2.75, 3.05) is 40.4 Å². The molecule has 1 atom stereocenters. The van der Waals surface area contributed by atoms with Gasteiger partial charge in [0.2, 0.25) is 0 Å². The summed E-state index contributed by atoms with van der Waals surface area (Å²) in [5.41, 5.74) is 3.07. The van der Waals surface area contributed by atoms with Crippen molar-refractivity contribution in [3.63, 3.8) is 0 Å². The van der Waals surface area contributed by atoms with Crippen LogP contribution in [0.2, 0.25) is 0 Å². The minimum Gasteiger partial charge on any atom is -0.385 e. The van der Waals surface area contributed by atoms with Crippen LogP contribution in [0.1, 0.15) is 22.4 Å². The predicted octanol–water partition coefficient (Wildman–Crippen LogP) is 5.10. The molecule has 0 amide bonds. The van der Waals surface area contributed by atoms with Crippen LogP contribution in [0, 0.1) is 5.82 Å². The van der Waals surface area contributed by atoms with Crippen molar-refractivity contribution in [1.29, 1.82) is 0 Å². The number of ether oxygens (including phenoxy) is 1. The second kappa shape index (κ2) is 9.25. The lowest BCUT2D eigenvalue weighted by molar-refractivity contribution is 0.100. The van der Waals surface area contributed by atoms with Gasteiger partial charge in [-0.15, -0.1) is 23.7 Å². The summed E-state index contributed by atoms with van der Waals surface area (Å²) < 4.78 is 20.6. The van der Waals surface area contributed by atoms with E-state index in [0.29, 0.717) is 6.04 Å². The predicted molar refractivity (Wildman–Crippen MR) is 129 cm³/mol. The van der Waals surface area contributed by atoms with Crippen molar-refractivity contribution in [3.05, 3.63) is 64.3 Å². The molecule has 0 N–H and O–H groups in total. The summed E-state index contributed by atoms with van der Waals surface area (Å²) in [7, 11) is 3.95. The van der Waals surface area contributed by atoms with Crippen molar-refractivity contribution in [2.24, 2.45) is 4.99 Å². The Labute approximate surface area is 192 Å². The van der Waals surface area contributed by atoms with Crippen LogP contribution >= 0.6 is 23.7 Å². The third kappa shape index (κ3) is 4.22. The maximum absolute atomic E-state index is 14.0. The Hall–Kier alpha value is -1.99. The number of fused-ring (bicyclic) bond motifs is 4. The van der Waals surface area contributed by atoms with E-state index >= 15 is 0 Å². The molecule has 0 aliphatic carbocycles. The molecule has 0 saturated carbocycles. The van der Waals surface area contributed by atoms with Crippen LogP contribution < -0.4 is 0 Å². The molecule has 0 spiro atoms. The van der Waals surface area contributed by atoms with E-state index < -0.39 is 0 Å². The standard InChI is InChI=1S/C24H26FN3OS.ClH/c1-27-10-11-28(15-18(27)9-12-29-2)24-23-19-5-3-4-6-21(19)30-22(23)14-16-13-17(25)7-8-20(16)26-24;/h3-8,13,18H,9-12,14-15H2,1-2H3;1H/t18-;/m0./s1. The molecule has 3 heterocycles. The van der Waals surface area contributed by atoms with E-state index in [1.807, 2.05) is 6.07 Å². The zero-order chi connectivity index (χ0) is 20.7. The molecule has 2 aliphatic rings. The summed E-state index contributed by atoms with van der Waals surface area (Å²) in [6.45, 7) is 3.59. The van der Waals surface area contributed by atoms with Gasteiger partial charge >= 0.3 is 0 Å². The Balaban J connectivity index is 0.00000231. The van der Waals surface area contributed by atoms with Crippen LogP contribution in [-0.2, 0) is 11.2 Å². The van der Waals surface area contributed by atoms with Crippen LogP contribution in [0.4, 0.5) is 10.1 Å². The van der Waals surface area contributed by atoms with E-state index in [1.54, 1.807) is 24.5 Å². The smallest absolute Gasteiger partial charge is 0.138 e. The Morgan fingerprint density at radius 2 is 2.03 bits per heavy atom. The number of piperazine rings is 1. The Kier molecular flexibility index (Phi) is 6.63. The van der Waals surface area contributed by atoms with Gasteiger partial charge in [-0.1, -0.05) is 18.2 Å². The lowest BCUT2D eigenvalue weighted by Crippen LogP contribution is -2.53. The van der Waals surface area contributed by atoms with E-state index in [-0.39, 0.29) is 18.2 Å². The lowest BCUT2D eigenvalue weighted by Gasteiger charge is -2.41. The summed E-state index contributed by atoms with van der Waals surface area (Å²) in [4.78, 5) is 11.3. The van der Waals surface area contributed by atoms with Gasteiger partial charge in [0.1, 0.15) is 11.7 Å². The van der Waals surface area contributed by atoms with Crippen LogP contribution in [0.25, 0.3) is 10.1 Å². The zero-order valence-electron chi connectivity index (χ0n) is 17.8. The quantitative estimate of drug-likeness (QED) is 0.545. The lowest BCUT2D eigenvalue weighted by atomic mass is 10.0. The first-order valence-electron chi connectivity index (χ1n) is 10.5. The number of halogens is 2. The highest BCUT2D eigenvalue weighted by atomic mass is 35.5. The molecule has 31 heavy (non-hydrogen) atoms. The Morgan fingerprint density at radius 3 is 2.87 bits per heavy atom. The van der Waals surface area contributed by atoms with E-state index in [1.165, 1.54) is 26.6 Å². The van der Waals surface area contributed by atoms with Crippen molar-refractivity contribution in [1.82, 2.24) is 9.80 Å². The van der Waals surface area contributed by atoms with Gasteiger partial charge in [-0.3, -0.25) is 4.90 Å². The van der Waals surface area contributed by atoms with E-state index in [4.69, 9.17) is 9.73 Å². The summed E-state index contributed by atoms with van der Waals surface area (Å²) in [6, 6.07) is 13.9. The van der Waals surface area contributed by atoms with Gasteiger partial charge < -0.3 is 9.64 Å². The van der Waals surface area contributed by atoms with E-state index in [9.17, 15) is 4.39 Å². The fourth-order valence-electron chi connectivity index (χ4n) is 4.55. The highest BCUT2D eigenvalue weighted by Gasteiger charge is 2.31. The number of nitrogens with zero attached hydrogens (tertiary/aromatic N) is 3. The minimum atomic E-state index is -0.200. The molecule has 5 rings (SSSR count). The highest BCUT2D eigenvalue weighted by molar-refractivity contribution is 7.19. The SMILES string of the molecule is COCC[C@H]1CN(C2=Nc3ccc(F)cc3Cc3sc4ccccc4c32)CCN1C.Cl. The first-order chi connectivity index (χ1) is 14.6. The van der Waals surface area contributed by atoms with Crippen LogP contribution in [0.3, 0.4) is 0 Å². The first kappa shape index (κ1) is 22.2. The number of hydrogen-bond donors (Lipinski definition) is 0. The normalized spacial score (nSPS) is 18.7. The van der Waals surface area contributed by atoms with Crippen molar-refractivity contribution in [2.45, 2.75) is 18.9 Å². The van der Waals surface area contributed by atoms with Gasteiger partial charge in [0.05, 0.1) is 5.69 Å². The van der Waals surface area contributed by atoms with Crippen molar-refractivity contribution in [3.8, 4) is 0 Å². The van der Waals surface area contributed by atoms with Gasteiger partial charge in [0.25, 0.3) is 0 Å². The number of amidine groups is 1. The first-order valence-corrected chi connectivity index (χ1v) is 11.3. The van der Waals surface area contributed by atoms with Gasteiger partial charge in [0, 0.05) is 66.3 Å². The van der Waals surface area contributed by atoms with Gasteiger partial charge in [-0.2, -0.15) is 0 Å². The molecule has 0 unspecified atom stereocenters. The summed E-state index contributed by atoms with van der Waals surface area (Å²) >= 11 is 1.81. The number of likely N-dealkylation sites (N-methyl/N-ethyl adjacent to an activating group) is 1. The van der Waals surface area contributed by atoms with Crippen LogP contribution in [0.15, 0.2) is 47.5 Å². The maximum Gasteiger partial charge on any atom is 0.138 e. The highest BCUT2D eigenvalue weighted by Crippen LogP contribution is 2.39. The Morgan fingerprint density at radius 1 is 1.19 bits per heavy atom. The summed E-state index contributed by atoms with van der Waals surface area (Å²) in [5.74, 6) is 0.831. The fourth-order valence-corrected chi connectivity index (χ4v) is 5.77. The Bertz CT molecular complexity index is 1120. The molecular weight excluding hydrogens is 433 g/mol. The molecule has 3 aromatic rings. The number of hydrogen-bond acceptors (Lipinski definition) is 5. The topological polar surface area (TPSA) is 28.1 Å². The molecule has 2 aromatic carbocycles. The number of rotatable bonds is 3. The van der Waals surface area contributed by atoms with Gasteiger partial charge in [0.15, 0.2) is 0 Å². The van der Waals surface area contributed by atoms with E-state index in [2.05, 4.69) is 41.1 Å². The molecule has 164 valence electrons. The average molecular weight is 460 g/mol. The maximum atomic E-state index is 14.0. The third-order valence-electron chi connectivity index (χ3n) is 6.24. The van der Waals surface area contributed by atoms with E-state index in [0.717, 1.165) is 56.2 Å². The third-order valence-corrected chi connectivity index (χ3v) is 7.41. The molecule has 1 aromatic heterocycles. The molecule has 1 saturated heterocycles. The summed E-state index contributed by atoms with van der Waals surface area (Å²) in [5, 5.41) is 1.25. The minimum absolute atomic E-state index is 0. The van der Waals surface area contributed by atoms with Crippen molar-refractivity contribution < 1.29 is 9.13 Å². The molecule has 7 heteroatoms. The molecule has 4 nitrogen and oxygen atoms in total. The second-order valence-corrected chi connectivity index (χ2v) is 9.28. The second-order valence-electron chi connectivity index (χ2n) is 8.14. The largest absolute Gasteiger partial charge is 0.385 e. The van der Waals surface area contributed by atoms with Crippen molar-refractivity contribution >= 4 is 45.4 Å².